The lowest BCUT2D eigenvalue weighted by Gasteiger charge is -2.37. The minimum absolute atomic E-state index is 0.0359. The van der Waals surface area contributed by atoms with E-state index in [4.69, 9.17) is 21.1 Å². The Labute approximate surface area is 412 Å². The number of carbonyl (C=O) groups excluding carboxylic acids is 4. The summed E-state index contributed by atoms with van der Waals surface area (Å²) in [4.78, 5) is 59.9. The molecule has 2 N–H and O–H groups in total. The van der Waals surface area contributed by atoms with Crippen molar-refractivity contribution in [3.05, 3.63) is 142 Å². The van der Waals surface area contributed by atoms with Crippen molar-refractivity contribution in [2.24, 2.45) is 23.7 Å². The van der Waals surface area contributed by atoms with Gasteiger partial charge in [-0.05, 0) is 43.2 Å². The van der Waals surface area contributed by atoms with Crippen LogP contribution in [-0.2, 0) is 40.9 Å². The van der Waals surface area contributed by atoms with E-state index >= 15 is 4.79 Å². The summed E-state index contributed by atoms with van der Waals surface area (Å²) in [6.07, 6.45) is 9.35. The van der Waals surface area contributed by atoms with Gasteiger partial charge in [0.1, 0.15) is 6.04 Å². The molecule has 10 heteroatoms. The van der Waals surface area contributed by atoms with Crippen LogP contribution < -0.4 is 5.32 Å². The smallest absolute Gasteiger partial charge is 0.313 e. The summed E-state index contributed by atoms with van der Waals surface area (Å²) in [5.74, 6) is -3.90. The number of amides is 2. The monoisotopic (exact) mass is 951 g/mol. The highest BCUT2D eigenvalue weighted by Crippen LogP contribution is 2.44. The summed E-state index contributed by atoms with van der Waals surface area (Å²) in [5, 5.41) is 14.6. The lowest BCUT2D eigenvalue weighted by Crippen LogP contribution is -2.55. The molecule has 0 bridgehead atoms. The van der Waals surface area contributed by atoms with Gasteiger partial charge in [0, 0.05) is 35.2 Å². The lowest BCUT2D eigenvalue weighted by molar-refractivity contribution is -0.162. The van der Waals surface area contributed by atoms with Crippen LogP contribution in [0.2, 0.25) is 5.02 Å². The number of ether oxygens (including phenoxy) is 2. The van der Waals surface area contributed by atoms with Gasteiger partial charge >= 0.3 is 5.97 Å². The SMILES string of the molecule is CCCCCCCCCC[C@H](O)[C@@H](C)C(=O)N(C)[C@@H](CC(C)C)C(=O)N[C@@H](C(=O)C[C@@H](COCc1ccccc1)C(=O)OC(c1ccccc1)(c1ccc(C)cc1)c1ccccc1Cl)[C@H](C)CC. The number of likely N-dealkylation sites (N-methyl/N-ethyl adjacent to an activating group) is 1. The molecule has 0 saturated heterocycles. The Morgan fingerprint density at radius 2 is 1.32 bits per heavy atom. The maximum absolute atomic E-state index is 15.1. The number of benzene rings is 4. The number of aliphatic hydroxyl groups is 1. The Hall–Kier alpha value is -4.83. The van der Waals surface area contributed by atoms with Crippen LogP contribution in [0.3, 0.4) is 0 Å². The van der Waals surface area contributed by atoms with E-state index in [1.807, 2.05) is 138 Å². The van der Waals surface area contributed by atoms with Crippen LogP contribution in [0.15, 0.2) is 109 Å². The molecule has 4 aromatic rings. The number of halogens is 1. The van der Waals surface area contributed by atoms with Gasteiger partial charge in [0.15, 0.2) is 11.4 Å². The van der Waals surface area contributed by atoms with Crippen LogP contribution in [0, 0.1) is 30.6 Å². The van der Waals surface area contributed by atoms with Gasteiger partial charge in [-0.25, -0.2) is 0 Å². The number of nitrogens with one attached hydrogen (secondary N) is 1. The van der Waals surface area contributed by atoms with Crippen LogP contribution in [0.1, 0.15) is 146 Å². The zero-order chi connectivity index (χ0) is 49.6. The average Bonchev–Trinajstić information content (AvgIpc) is 3.34. The quantitative estimate of drug-likeness (QED) is 0.0303. The zero-order valence-corrected chi connectivity index (χ0v) is 42.8. The van der Waals surface area contributed by atoms with Crippen molar-refractivity contribution in [1.82, 2.24) is 10.2 Å². The van der Waals surface area contributed by atoms with E-state index in [1.54, 1.807) is 20.0 Å². The highest BCUT2D eigenvalue weighted by Gasteiger charge is 2.44. The standard InChI is InChI=1S/C58H79ClN2O7/c1-9-11-12-13-14-15-16-23-32-52(62)44(7)56(65)61(8)51(37-41(3)4)55(64)60-54(43(6)10-2)53(63)38-46(40-67-39-45-26-19-17-20-27-45)57(66)68-58(47-28-21-18-22-29-47,48-35-33-42(5)34-36-48)49-30-24-25-31-50(49)59/h17-22,24-31,33-36,41,43-44,46,51-52,54,62H,9-16,23,32,37-40H2,1-8H3,(H,60,64)/t43-,44-,46+,51+,52+,54-,58?/m1/s1. The average molecular weight is 952 g/mol. The van der Waals surface area contributed by atoms with Gasteiger partial charge in [-0.2, -0.15) is 0 Å². The summed E-state index contributed by atoms with van der Waals surface area (Å²) in [6.45, 7) is 13.8. The molecule has 4 aromatic carbocycles. The predicted octanol–water partition coefficient (Wildman–Crippen LogP) is 12.2. The molecule has 2 amide bonds. The van der Waals surface area contributed by atoms with Gasteiger partial charge in [0.05, 0.1) is 37.2 Å². The van der Waals surface area contributed by atoms with Crippen LogP contribution in [0.4, 0.5) is 0 Å². The molecule has 0 aliphatic carbocycles. The maximum atomic E-state index is 15.1. The van der Waals surface area contributed by atoms with Gasteiger partial charge in [-0.1, -0.05) is 220 Å². The number of esters is 1. The lowest BCUT2D eigenvalue weighted by atomic mass is 9.79. The molecular formula is C58H79ClN2O7. The first kappa shape index (κ1) is 55.8. The van der Waals surface area contributed by atoms with Crippen LogP contribution in [-0.4, -0.2) is 65.4 Å². The Kier molecular flexibility index (Phi) is 23.5. The van der Waals surface area contributed by atoms with Crippen molar-refractivity contribution in [1.29, 1.82) is 0 Å². The second-order valence-electron chi connectivity index (χ2n) is 19.3. The van der Waals surface area contributed by atoms with E-state index in [1.165, 1.54) is 37.0 Å². The van der Waals surface area contributed by atoms with E-state index in [0.717, 1.165) is 30.4 Å². The summed E-state index contributed by atoms with van der Waals surface area (Å²) in [6, 6.07) is 32.2. The van der Waals surface area contributed by atoms with Gasteiger partial charge in [-0.3, -0.25) is 19.2 Å². The minimum atomic E-state index is -1.52. The summed E-state index contributed by atoms with van der Waals surface area (Å²) in [7, 11) is 1.61. The van der Waals surface area contributed by atoms with Crippen molar-refractivity contribution in [2.45, 2.75) is 156 Å². The Morgan fingerprint density at radius 3 is 1.93 bits per heavy atom. The van der Waals surface area contributed by atoms with Crippen molar-refractivity contribution < 1.29 is 33.8 Å². The first-order chi connectivity index (χ1) is 32.6. The summed E-state index contributed by atoms with van der Waals surface area (Å²) < 4.78 is 13.1. The topological polar surface area (TPSA) is 122 Å². The number of aryl methyl sites for hydroxylation is 1. The summed E-state index contributed by atoms with van der Waals surface area (Å²) in [5.41, 5.74) is 2.28. The zero-order valence-electron chi connectivity index (χ0n) is 42.1. The third-order valence-electron chi connectivity index (χ3n) is 13.3. The normalized spacial score (nSPS) is 15.0. The second-order valence-corrected chi connectivity index (χ2v) is 19.7. The molecule has 0 saturated carbocycles. The van der Waals surface area contributed by atoms with E-state index in [2.05, 4.69) is 12.2 Å². The minimum Gasteiger partial charge on any atom is -0.444 e. The summed E-state index contributed by atoms with van der Waals surface area (Å²) >= 11 is 7.01. The molecule has 4 rings (SSSR count). The molecule has 0 aliphatic heterocycles. The van der Waals surface area contributed by atoms with Crippen LogP contribution in [0.5, 0.6) is 0 Å². The second kappa shape index (κ2) is 28.6. The van der Waals surface area contributed by atoms with E-state index in [-0.39, 0.29) is 43.2 Å². The molecule has 370 valence electrons. The Morgan fingerprint density at radius 1 is 0.750 bits per heavy atom. The molecule has 68 heavy (non-hydrogen) atoms. The van der Waals surface area contributed by atoms with Gasteiger partial charge < -0.3 is 24.8 Å². The number of unbranched alkanes of at least 4 members (excludes halogenated alkanes) is 7. The van der Waals surface area contributed by atoms with Gasteiger partial charge in [0.25, 0.3) is 0 Å². The van der Waals surface area contributed by atoms with Crippen molar-refractivity contribution >= 4 is 35.2 Å². The van der Waals surface area contributed by atoms with Crippen molar-refractivity contribution in [2.75, 3.05) is 13.7 Å². The third-order valence-corrected chi connectivity index (χ3v) is 13.7. The number of aliphatic hydroxyl groups excluding tert-OH is 1. The highest BCUT2D eigenvalue weighted by atomic mass is 35.5. The van der Waals surface area contributed by atoms with E-state index < -0.39 is 47.5 Å². The predicted molar refractivity (Wildman–Crippen MR) is 274 cm³/mol. The number of carbonyl (C=O) groups is 4. The third kappa shape index (κ3) is 16.1. The molecule has 0 aliphatic rings. The number of hydrogen-bond donors (Lipinski definition) is 2. The van der Waals surface area contributed by atoms with E-state index in [9.17, 15) is 19.5 Å². The Bertz CT molecular complexity index is 2130. The number of ketones is 1. The molecule has 1 unspecified atom stereocenters. The fourth-order valence-electron chi connectivity index (χ4n) is 8.86. The van der Waals surface area contributed by atoms with Crippen molar-refractivity contribution in [3.63, 3.8) is 0 Å². The van der Waals surface area contributed by atoms with Crippen LogP contribution in [0.25, 0.3) is 0 Å². The number of hydrogen-bond acceptors (Lipinski definition) is 7. The van der Waals surface area contributed by atoms with Crippen LogP contribution >= 0.6 is 11.6 Å². The molecule has 0 heterocycles. The largest absolute Gasteiger partial charge is 0.444 e. The fourth-order valence-corrected chi connectivity index (χ4v) is 9.12. The molecule has 9 nitrogen and oxygen atoms in total. The number of rotatable bonds is 30. The molecule has 7 atom stereocenters. The van der Waals surface area contributed by atoms with Crippen molar-refractivity contribution in [3.8, 4) is 0 Å². The molecule has 0 fully saturated rings. The maximum Gasteiger partial charge on any atom is 0.313 e. The number of nitrogens with zero attached hydrogens (tertiary/aromatic N) is 1. The number of Topliss-reactive ketones (excluding diaryl/α,β-unsaturated/α-hetero) is 1. The first-order valence-electron chi connectivity index (χ1n) is 25.1. The molecule has 0 aromatic heterocycles. The first-order valence-corrected chi connectivity index (χ1v) is 25.5. The fraction of sp³-hybridized carbons (Fsp3) is 0.517. The molecule has 0 radical (unpaired) electrons. The van der Waals surface area contributed by atoms with Gasteiger partial charge in [0.2, 0.25) is 11.8 Å². The Balaban J connectivity index is 1.63. The van der Waals surface area contributed by atoms with E-state index in [0.29, 0.717) is 41.0 Å². The molecular weight excluding hydrogens is 872 g/mol. The molecule has 0 spiro atoms. The van der Waals surface area contributed by atoms with Gasteiger partial charge in [-0.15, -0.1) is 0 Å². The highest BCUT2D eigenvalue weighted by molar-refractivity contribution is 6.31.